The van der Waals surface area contributed by atoms with Crippen molar-refractivity contribution in [3.8, 4) is 5.75 Å². The molecule has 0 heterocycles. The average Bonchev–Trinajstić information content (AvgIpc) is 2.14. The van der Waals surface area contributed by atoms with Crippen LogP contribution in [0, 0.1) is 0 Å². The van der Waals surface area contributed by atoms with Crippen molar-refractivity contribution in [2.45, 2.75) is 19.2 Å². The Bertz CT molecular complexity index is 352. The molecule has 0 atom stereocenters. The molecule has 6 heteroatoms. The first-order valence-electron chi connectivity index (χ1n) is 4.53. The Morgan fingerprint density at radius 3 is 2.50 bits per heavy atom. The van der Waals surface area contributed by atoms with Gasteiger partial charge in [-0.2, -0.15) is 0 Å². The van der Waals surface area contributed by atoms with Crippen LogP contribution >= 0.6 is 31.9 Å². The lowest BCUT2D eigenvalue weighted by atomic mass is 10.1. The van der Waals surface area contributed by atoms with E-state index in [2.05, 4.69) is 36.6 Å². The molecule has 1 aromatic carbocycles. The maximum atomic E-state index is 12.1. The largest absolute Gasteiger partial charge is 0.573 e. The number of hydrogen-bond acceptors (Lipinski definition) is 1. The van der Waals surface area contributed by atoms with Crippen molar-refractivity contribution in [1.82, 2.24) is 0 Å². The van der Waals surface area contributed by atoms with Crippen LogP contribution in [0.15, 0.2) is 22.7 Å². The molecule has 0 fully saturated rings. The molecule has 0 unspecified atom stereocenters. The molecule has 0 aliphatic carbocycles. The zero-order valence-electron chi connectivity index (χ0n) is 8.15. The molecule has 0 N–H and O–H groups in total. The molecule has 0 saturated carbocycles. The van der Waals surface area contributed by atoms with E-state index in [9.17, 15) is 13.2 Å². The molecule has 0 amide bonds. The Labute approximate surface area is 108 Å². The van der Waals surface area contributed by atoms with Crippen LogP contribution in [0.5, 0.6) is 5.75 Å². The van der Waals surface area contributed by atoms with Crippen LogP contribution in [0.25, 0.3) is 0 Å². The first-order valence-corrected chi connectivity index (χ1v) is 6.44. The monoisotopic (exact) mass is 360 g/mol. The smallest absolute Gasteiger partial charge is 0.405 e. The summed E-state index contributed by atoms with van der Waals surface area (Å²) in [5.74, 6) is -0.136. The summed E-state index contributed by atoms with van der Waals surface area (Å²) in [7, 11) is 0. The first kappa shape index (κ1) is 13.8. The van der Waals surface area contributed by atoms with Crippen molar-refractivity contribution < 1.29 is 17.9 Å². The highest BCUT2D eigenvalue weighted by Gasteiger charge is 2.32. The minimum Gasteiger partial charge on any atom is -0.405 e. The molecule has 0 saturated heterocycles. The van der Waals surface area contributed by atoms with E-state index in [-0.39, 0.29) is 5.75 Å². The predicted octanol–water partition coefficient (Wildman–Crippen LogP) is 4.68. The third kappa shape index (κ3) is 4.33. The third-order valence-corrected chi connectivity index (χ3v) is 3.17. The van der Waals surface area contributed by atoms with E-state index >= 15 is 0 Å². The van der Waals surface area contributed by atoms with E-state index in [1.807, 2.05) is 0 Å². The lowest BCUT2D eigenvalue weighted by Crippen LogP contribution is -2.18. The lowest BCUT2D eigenvalue weighted by Gasteiger charge is -2.14. The fraction of sp³-hybridized carbons (Fsp3) is 0.400. The normalized spacial score (nSPS) is 11.6. The van der Waals surface area contributed by atoms with Gasteiger partial charge >= 0.3 is 6.36 Å². The van der Waals surface area contributed by atoms with Crippen LogP contribution < -0.4 is 4.74 Å². The second-order valence-electron chi connectivity index (χ2n) is 3.06. The molecule has 0 radical (unpaired) electrons. The Kier molecular flexibility index (Phi) is 5.11. The molecule has 1 rings (SSSR count). The number of hydrogen-bond donors (Lipinski definition) is 0. The molecule has 90 valence electrons. The van der Waals surface area contributed by atoms with Gasteiger partial charge in [-0.05, 0) is 25.0 Å². The zero-order valence-corrected chi connectivity index (χ0v) is 11.3. The zero-order chi connectivity index (χ0) is 12.2. The molecule has 0 spiro atoms. The van der Waals surface area contributed by atoms with Gasteiger partial charge in [-0.15, -0.1) is 13.2 Å². The highest BCUT2D eigenvalue weighted by atomic mass is 79.9. The highest BCUT2D eigenvalue weighted by molar-refractivity contribution is 9.10. The van der Waals surface area contributed by atoms with E-state index in [0.29, 0.717) is 16.5 Å². The Hall–Kier alpha value is -0.230. The van der Waals surface area contributed by atoms with Crippen molar-refractivity contribution in [3.05, 3.63) is 28.2 Å². The topological polar surface area (TPSA) is 9.23 Å². The van der Waals surface area contributed by atoms with E-state index in [4.69, 9.17) is 0 Å². The maximum Gasteiger partial charge on any atom is 0.573 e. The summed E-state index contributed by atoms with van der Waals surface area (Å²) in [4.78, 5) is 0. The molecule has 0 aromatic heterocycles. The minimum absolute atomic E-state index is 0.136. The molecule has 1 nitrogen and oxygen atoms in total. The van der Waals surface area contributed by atoms with E-state index in [1.165, 1.54) is 12.1 Å². The number of ether oxygens (including phenoxy) is 1. The second kappa shape index (κ2) is 5.91. The summed E-state index contributed by atoms with van der Waals surface area (Å²) in [6, 6.07) is 4.54. The van der Waals surface area contributed by atoms with Crippen molar-refractivity contribution in [2.75, 3.05) is 5.33 Å². The first-order chi connectivity index (χ1) is 7.44. The van der Waals surface area contributed by atoms with Gasteiger partial charge in [-0.3, -0.25) is 0 Å². The van der Waals surface area contributed by atoms with Crippen molar-refractivity contribution in [2.24, 2.45) is 0 Å². The predicted molar refractivity (Wildman–Crippen MR) is 62.9 cm³/mol. The molecule has 0 bridgehead atoms. The van der Waals surface area contributed by atoms with Gasteiger partial charge in [0.2, 0.25) is 0 Å². The summed E-state index contributed by atoms with van der Waals surface area (Å²) >= 11 is 6.46. The lowest BCUT2D eigenvalue weighted by molar-refractivity contribution is -0.274. The van der Waals surface area contributed by atoms with Crippen LogP contribution in [0.4, 0.5) is 13.2 Å². The van der Waals surface area contributed by atoms with Crippen LogP contribution in [0.2, 0.25) is 0 Å². The Morgan fingerprint density at radius 2 is 1.94 bits per heavy atom. The molecule has 16 heavy (non-hydrogen) atoms. The van der Waals surface area contributed by atoms with Gasteiger partial charge in [0.25, 0.3) is 0 Å². The number of rotatable bonds is 4. The van der Waals surface area contributed by atoms with Gasteiger partial charge in [-0.25, -0.2) is 0 Å². The third-order valence-electron chi connectivity index (χ3n) is 1.86. The van der Waals surface area contributed by atoms with Crippen LogP contribution in [-0.2, 0) is 6.42 Å². The molecular weight excluding hydrogens is 353 g/mol. The molecule has 0 aliphatic heterocycles. The standard InChI is InChI=1S/C10H9Br2F3O/c11-6-2-3-7-8(12)4-1-5-9(7)16-10(13,14)15/h1,4-5H,2-3,6H2. The number of benzene rings is 1. The van der Waals surface area contributed by atoms with Crippen LogP contribution in [0.3, 0.4) is 0 Å². The van der Waals surface area contributed by atoms with Gasteiger partial charge in [0, 0.05) is 15.4 Å². The highest BCUT2D eigenvalue weighted by Crippen LogP contribution is 2.32. The Morgan fingerprint density at radius 1 is 1.25 bits per heavy atom. The van der Waals surface area contributed by atoms with E-state index in [0.717, 1.165) is 11.8 Å². The Balaban J connectivity index is 2.93. The van der Waals surface area contributed by atoms with E-state index in [1.54, 1.807) is 6.07 Å². The summed E-state index contributed by atoms with van der Waals surface area (Å²) in [6.45, 7) is 0. The summed E-state index contributed by atoms with van der Waals surface area (Å²) in [5.41, 5.74) is 0.541. The number of alkyl halides is 4. The molecule has 0 aliphatic rings. The summed E-state index contributed by atoms with van der Waals surface area (Å²) in [6.07, 6.45) is -3.38. The fourth-order valence-corrected chi connectivity index (χ4v) is 2.07. The van der Waals surface area contributed by atoms with Crippen molar-refractivity contribution >= 4 is 31.9 Å². The molecule has 1 aromatic rings. The number of halogens is 5. The van der Waals surface area contributed by atoms with E-state index < -0.39 is 6.36 Å². The fourth-order valence-electron chi connectivity index (χ4n) is 1.25. The van der Waals surface area contributed by atoms with Gasteiger partial charge < -0.3 is 4.74 Å². The maximum absolute atomic E-state index is 12.1. The van der Waals surface area contributed by atoms with Crippen LogP contribution in [0.1, 0.15) is 12.0 Å². The van der Waals surface area contributed by atoms with Crippen molar-refractivity contribution in [1.29, 1.82) is 0 Å². The van der Waals surface area contributed by atoms with Crippen LogP contribution in [-0.4, -0.2) is 11.7 Å². The molecular formula is C10H9Br2F3O. The van der Waals surface area contributed by atoms with Gasteiger partial charge in [0.1, 0.15) is 5.75 Å². The second-order valence-corrected chi connectivity index (χ2v) is 4.70. The minimum atomic E-state index is -4.65. The average molecular weight is 362 g/mol. The van der Waals surface area contributed by atoms with Gasteiger partial charge in [0.15, 0.2) is 0 Å². The van der Waals surface area contributed by atoms with Gasteiger partial charge in [0.05, 0.1) is 0 Å². The van der Waals surface area contributed by atoms with Crippen molar-refractivity contribution in [3.63, 3.8) is 0 Å². The van der Waals surface area contributed by atoms with Gasteiger partial charge in [-0.1, -0.05) is 37.9 Å². The SMILES string of the molecule is FC(F)(F)Oc1cccc(Br)c1CCCBr. The quantitative estimate of drug-likeness (QED) is 0.708. The summed E-state index contributed by atoms with van der Waals surface area (Å²) in [5, 5.41) is 0.736. The summed E-state index contributed by atoms with van der Waals surface area (Å²) < 4.78 is 41.0.